The van der Waals surface area contributed by atoms with Crippen LogP contribution in [-0.4, -0.2) is 29.6 Å². The molecule has 0 aliphatic heterocycles. The minimum atomic E-state index is -0.507. The maximum atomic E-state index is 11.1. The zero-order valence-corrected chi connectivity index (χ0v) is 17.2. The van der Waals surface area contributed by atoms with Crippen molar-refractivity contribution >= 4 is 33.1 Å². The topological polar surface area (TPSA) is 23.5 Å². The molecule has 1 N–H and O–H groups in total. The predicted octanol–water partition coefficient (Wildman–Crippen LogP) is 6.58. The summed E-state index contributed by atoms with van der Waals surface area (Å²) in [5.74, 6) is 0. The van der Waals surface area contributed by atoms with E-state index in [1.165, 1.54) is 31.1 Å². The van der Waals surface area contributed by atoms with Crippen molar-refractivity contribution < 1.29 is 5.11 Å². The molecule has 3 heteroatoms. The molecule has 0 aliphatic carbocycles. The molecule has 3 aromatic carbocycles. The van der Waals surface area contributed by atoms with Crippen LogP contribution in [0.1, 0.15) is 51.2 Å². The predicted molar refractivity (Wildman–Crippen MR) is 118 cm³/mol. The third-order valence-corrected chi connectivity index (χ3v) is 5.54. The SMILES string of the molecule is CCCCN(CCCC)CC(O)c1cc2ccccc2c2cc(Cl)ccc12. The van der Waals surface area contributed by atoms with Crippen molar-refractivity contribution in [3.63, 3.8) is 0 Å². The summed E-state index contributed by atoms with van der Waals surface area (Å²) >= 11 is 6.28. The molecule has 1 unspecified atom stereocenters. The zero-order valence-electron chi connectivity index (χ0n) is 16.4. The van der Waals surface area contributed by atoms with Crippen molar-refractivity contribution in [1.29, 1.82) is 0 Å². The quantitative estimate of drug-likeness (QED) is 0.421. The van der Waals surface area contributed by atoms with E-state index in [0.717, 1.165) is 39.8 Å². The normalized spacial score (nSPS) is 12.9. The first-order chi connectivity index (χ1) is 13.1. The van der Waals surface area contributed by atoms with Gasteiger partial charge in [-0.3, -0.25) is 0 Å². The summed E-state index contributed by atoms with van der Waals surface area (Å²) in [6, 6.07) is 16.5. The molecule has 0 spiro atoms. The van der Waals surface area contributed by atoms with E-state index < -0.39 is 6.10 Å². The van der Waals surface area contributed by atoms with Gasteiger partial charge in [0.2, 0.25) is 0 Å². The van der Waals surface area contributed by atoms with Crippen LogP contribution in [0.15, 0.2) is 48.5 Å². The van der Waals surface area contributed by atoms with Gasteiger partial charge in [0.25, 0.3) is 0 Å². The van der Waals surface area contributed by atoms with Gasteiger partial charge in [-0.1, -0.05) is 68.6 Å². The van der Waals surface area contributed by atoms with E-state index in [0.29, 0.717) is 6.54 Å². The monoisotopic (exact) mass is 383 g/mol. The molecule has 0 saturated carbocycles. The molecule has 144 valence electrons. The van der Waals surface area contributed by atoms with E-state index in [4.69, 9.17) is 11.6 Å². The molecule has 27 heavy (non-hydrogen) atoms. The summed E-state index contributed by atoms with van der Waals surface area (Å²) in [5, 5.41) is 16.4. The highest BCUT2D eigenvalue weighted by Gasteiger charge is 2.17. The van der Waals surface area contributed by atoms with Crippen LogP contribution in [0.3, 0.4) is 0 Å². The Morgan fingerprint density at radius 3 is 2.30 bits per heavy atom. The largest absolute Gasteiger partial charge is 0.387 e. The molecule has 2 nitrogen and oxygen atoms in total. The number of halogens is 1. The van der Waals surface area contributed by atoms with Gasteiger partial charge in [0.15, 0.2) is 0 Å². The lowest BCUT2D eigenvalue weighted by Gasteiger charge is -2.26. The number of aliphatic hydroxyl groups excluding tert-OH is 1. The Kier molecular flexibility index (Phi) is 7.12. The van der Waals surface area contributed by atoms with Crippen molar-refractivity contribution in [2.75, 3.05) is 19.6 Å². The first-order valence-corrected chi connectivity index (χ1v) is 10.5. The van der Waals surface area contributed by atoms with Crippen molar-refractivity contribution in [1.82, 2.24) is 4.90 Å². The number of nitrogens with zero attached hydrogens (tertiary/aromatic N) is 1. The molecule has 0 heterocycles. The van der Waals surface area contributed by atoms with E-state index in [1.54, 1.807) is 0 Å². The standard InChI is InChI=1S/C24H30ClNO/c1-3-5-13-26(14-6-4-2)17-24(27)23-15-18-9-7-8-10-20(18)22-16-19(25)11-12-21(22)23/h7-12,15-16,24,27H,3-6,13-14,17H2,1-2H3. The highest BCUT2D eigenvalue weighted by Crippen LogP contribution is 2.34. The van der Waals surface area contributed by atoms with E-state index in [9.17, 15) is 5.11 Å². The minimum absolute atomic E-state index is 0.507. The third-order valence-electron chi connectivity index (χ3n) is 5.30. The van der Waals surface area contributed by atoms with Crippen LogP contribution >= 0.6 is 11.6 Å². The van der Waals surface area contributed by atoms with Crippen molar-refractivity contribution in [2.45, 2.75) is 45.6 Å². The fraction of sp³-hybridized carbons (Fsp3) is 0.417. The van der Waals surface area contributed by atoms with Gasteiger partial charge >= 0.3 is 0 Å². The Hall–Kier alpha value is -1.61. The number of rotatable bonds is 9. The molecule has 3 rings (SSSR count). The Bertz CT molecular complexity index is 884. The van der Waals surface area contributed by atoms with Gasteiger partial charge in [-0.25, -0.2) is 0 Å². The fourth-order valence-corrected chi connectivity index (χ4v) is 3.95. The lowest BCUT2D eigenvalue weighted by molar-refractivity contribution is 0.112. The Labute approximate surface area is 167 Å². The zero-order chi connectivity index (χ0) is 19.2. The van der Waals surface area contributed by atoms with E-state index >= 15 is 0 Å². The van der Waals surface area contributed by atoms with Crippen LogP contribution < -0.4 is 0 Å². The smallest absolute Gasteiger partial charge is 0.0923 e. The van der Waals surface area contributed by atoms with E-state index in [2.05, 4.69) is 43.0 Å². The molecule has 0 saturated heterocycles. The van der Waals surface area contributed by atoms with Crippen molar-refractivity contribution in [3.05, 3.63) is 59.1 Å². The minimum Gasteiger partial charge on any atom is -0.387 e. The maximum absolute atomic E-state index is 11.1. The molecule has 1 atom stereocenters. The van der Waals surface area contributed by atoms with Crippen molar-refractivity contribution in [3.8, 4) is 0 Å². The van der Waals surface area contributed by atoms with Gasteiger partial charge in [-0.2, -0.15) is 0 Å². The van der Waals surface area contributed by atoms with Crippen LogP contribution in [-0.2, 0) is 0 Å². The lowest BCUT2D eigenvalue weighted by Crippen LogP contribution is -2.30. The van der Waals surface area contributed by atoms with Crippen LogP contribution in [0.4, 0.5) is 0 Å². The summed E-state index contributed by atoms with van der Waals surface area (Å²) in [5.41, 5.74) is 0.998. The summed E-state index contributed by atoms with van der Waals surface area (Å²) in [6.07, 6.45) is 4.19. The molecule has 0 amide bonds. The van der Waals surface area contributed by atoms with Gasteiger partial charge in [0.05, 0.1) is 6.10 Å². The molecule has 0 fully saturated rings. The second-order valence-corrected chi connectivity index (χ2v) is 7.84. The summed E-state index contributed by atoms with van der Waals surface area (Å²) in [7, 11) is 0. The molecule has 0 radical (unpaired) electrons. The van der Waals surface area contributed by atoms with Crippen LogP contribution in [0.5, 0.6) is 0 Å². The average Bonchev–Trinajstić information content (AvgIpc) is 2.69. The van der Waals surface area contributed by atoms with Crippen LogP contribution in [0, 0.1) is 0 Å². The Morgan fingerprint density at radius 2 is 1.59 bits per heavy atom. The summed E-state index contributed by atoms with van der Waals surface area (Å²) in [6.45, 7) is 7.20. The van der Waals surface area contributed by atoms with E-state index in [-0.39, 0.29) is 0 Å². The molecule has 0 bridgehead atoms. The number of aliphatic hydroxyl groups is 1. The van der Waals surface area contributed by atoms with E-state index in [1.807, 2.05) is 24.3 Å². The number of hydrogen-bond acceptors (Lipinski definition) is 2. The number of benzene rings is 3. The number of hydrogen-bond donors (Lipinski definition) is 1. The maximum Gasteiger partial charge on any atom is 0.0923 e. The first kappa shape index (κ1) is 20.1. The molecule has 0 aromatic heterocycles. The fourth-order valence-electron chi connectivity index (χ4n) is 3.78. The second-order valence-electron chi connectivity index (χ2n) is 7.40. The van der Waals surface area contributed by atoms with Gasteiger partial charge in [-0.05, 0) is 71.2 Å². The lowest BCUT2D eigenvalue weighted by atomic mass is 9.94. The molecule has 3 aromatic rings. The van der Waals surface area contributed by atoms with Gasteiger partial charge < -0.3 is 10.0 Å². The summed E-state index contributed by atoms with van der Waals surface area (Å²) < 4.78 is 0. The molecular weight excluding hydrogens is 354 g/mol. The van der Waals surface area contributed by atoms with Crippen molar-refractivity contribution in [2.24, 2.45) is 0 Å². The first-order valence-electron chi connectivity index (χ1n) is 10.1. The number of fused-ring (bicyclic) bond motifs is 3. The highest BCUT2D eigenvalue weighted by atomic mass is 35.5. The van der Waals surface area contributed by atoms with Crippen LogP contribution in [0.25, 0.3) is 21.5 Å². The van der Waals surface area contributed by atoms with Crippen LogP contribution in [0.2, 0.25) is 5.02 Å². The molecular formula is C24H30ClNO. The van der Waals surface area contributed by atoms with Gasteiger partial charge in [-0.15, -0.1) is 0 Å². The number of unbranched alkanes of at least 4 members (excludes halogenated alkanes) is 2. The van der Waals surface area contributed by atoms with Gasteiger partial charge in [0.1, 0.15) is 0 Å². The Balaban J connectivity index is 1.98. The Morgan fingerprint density at radius 1 is 0.889 bits per heavy atom. The molecule has 0 aliphatic rings. The average molecular weight is 384 g/mol. The summed E-state index contributed by atoms with van der Waals surface area (Å²) in [4.78, 5) is 2.41. The highest BCUT2D eigenvalue weighted by molar-refractivity contribution is 6.32. The van der Waals surface area contributed by atoms with Gasteiger partial charge in [0, 0.05) is 11.6 Å². The second kappa shape index (κ2) is 9.54. The third kappa shape index (κ3) is 4.82.